The number of hydrogen-bond donors (Lipinski definition) is 1. The van der Waals surface area contributed by atoms with Gasteiger partial charge in [-0.05, 0) is 31.0 Å². The topological polar surface area (TPSA) is 32.7 Å². The van der Waals surface area contributed by atoms with Crippen LogP contribution in [0.3, 0.4) is 0 Å². The molecule has 3 nitrogen and oxygen atoms in total. The number of ether oxygens (including phenoxy) is 1. The van der Waals surface area contributed by atoms with E-state index in [-0.39, 0.29) is 12.4 Å². The van der Waals surface area contributed by atoms with E-state index < -0.39 is 0 Å². The summed E-state index contributed by atoms with van der Waals surface area (Å²) in [5, 5.41) is 9.21. The van der Waals surface area contributed by atoms with E-state index in [1.165, 1.54) is 25.0 Å². The molecule has 0 atom stereocenters. The first-order valence-corrected chi connectivity index (χ1v) is 6.92. The monoisotopic (exact) mass is 267 g/mol. The molecule has 106 valence electrons. The molecule has 0 amide bonds. The number of halogens is 1. The summed E-state index contributed by atoms with van der Waals surface area (Å²) in [6.45, 7) is 1.39. The molecule has 1 aromatic rings. The van der Waals surface area contributed by atoms with Gasteiger partial charge in [0.15, 0.2) is 0 Å². The largest absolute Gasteiger partial charge is 0.496 e. The number of benzene rings is 1. The molecular weight excluding hydrogens is 245 g/mol. The van der Waals surface area contributed by atoms with Crippen molar-refractivity contribution in [1.82, 2.24) is 4.90 Å². The summed E-state index contributed by atoms with van der Waals surface area (Å²) in [7, 11) is 1.60. The Hall–Kier alpha value is -1.13. The second-order valence-corrected chi connectivity index (χ2v) is 5.09. The fourth-order valence-electron chi connectivity index (χ4n) is 2.88. The van der Waals surface area contributed by atoms with Gasteiger partial charge in [-0.2, -0.15) is 0 Å². The van der Waals surface area contributed by atoms with Crippen molar-refractivity contribution in [1.29, 1.82) is 0 Å². The third kappa shape index (κ3) is 3.67. The van der Waals surface area contributed by atoms with Gasteiger partial charge >= 0.3 is 0 Å². The fraction of sp³-hybridized carbons (Fsp3) is 0.600. The lowest BCUT2D eigenvalue weighted by Crippen LogP contribution is -2.35. The van der Waals surface area contributed by atoms with E-state index in [2.05, 4.69) is 4.90 Å². The van der Waals surface area contributed by atoms with Crippen LogP contribution in [-0.4, -0.2) is 36.3 Å². The first-order valence-electron chi connectivity index (χ1n) is 6.92. The third-order valence-electron chi connectivity index (χ3n) is 3.84. The minimum Gasteiger partial charge on any atom is -0.496 e. The molecule has 0 heterocycles. The quantitative estimate of drug-likeness (QED) is 0.860. The molecule has 0 aromatic heterocycles. The summed E-state index contributed by atoms with van der Waals surface area (Å²) >= 11 is 0. The molecule has 0 bridgehead atoms. The summed E-state index contributed by atoms with van der Waals surface area (Å²) in [4.78, 5) is 2.24. The summed E-state index contributed by atoms with van der Waals surface area (Å²) < 4.78 is 18.7. The Morgan fingerprint density at radius 1 is 1.37 bits per heavy atom. The van der Waals surface area contributed by atoms with Crippen molar-refractivity contribution < 1.29 is 14.2 Å². The molecule has 1 aliphatic carbocycles. The number of aliphatic hydroxyl groups is 1. The number of rotatable bonds is 6. The van der Waals surface area contributed by atoms with E-state index in [4.69, 9.17) is 4.74 Å². The zero-order chi connectivity index (χ0) is 13.7. The summed E-state index contributed by atoms with van der Waals surface area (Å²) in [5.74, 6) is 0.466. The normalized spacial score (nSPS) is 16.2. The maximum Gasteiger partial charge on any atom is 0.123 e. The van der Waals surface area contributed by atoms with Crippen LogP contribution in [0.15, 0.2) is 18.2 Å². The van der Waals surface area contributed by atoms with Gasteiger partial charge in [-0.1, -0.05) is 12.8 Å². The predicted molar refractivity (Wildman–Crippen MR) is 72.7 cm³/mol. The van der Waals surface area contributed by atoms with Gasteiger partial charge in [0.25, 0.3) is 0 Å². The summed E-state index contributed by atoms with van der Waals surface area (Å²) in [6.07, 6.45) is 4.81. The highest BCUT2D eigenvalue weighted by Crippen LogP contribution is 2.27. The lowest BCUT2D eigenvalue weighted by Gasteiger charge is -2.28. The third-order valence-corrected chi connectivity index (χ3v) is 3.84. The second-order valence-electron chi connectivity index (χ2n) is 5.09. The van der Waals surface area contributed by atoms with Crippen molar-refractivity contribution in [3.8, 4) is 5.75 Å². The summed E-state index contributed by atoms with van der Waals surface area (Å²) in [6, 6.07) is 5.10. The van der Waals surface area contributed by atoms with E-state index in [0.29, 0.717) is 24.9 Å². The zero-order valence-electron chi connectivity index (χ0n) is 11.4. The number of nitrogens with zero attached hydrogens (tertiary/aromatic N) is 1. The molecule has 19 heavy (non-hydrogen) atoms. The fourth-order valence-corrected chi connectivity index (χ4v) is 2.88. The molecule has 1 saturated carbocycles. The molecular formula is C15H22FNO2. The summed E-state index contributed by atoms with van der Waals surface area (Å²) in [5.41, 5.74) is 0.850. The first-order chi connectivity index (χ1) is 9.24. The van der Waals surface area contributed by atoms with Gasteiger partial charge in [0.2, 0.25) is 0 Å². The second kappa shape index (κ2) is 6.87. The van der Waals surface area contributed by atoms with Crippen molar-refractivity contribution in [3.63, 3.8) is 0 Å². The van der Waals surface area contributed by atoms with Crippen molar-refractivity contribution in [2.45, 2.75) is 38.3 Å². The van der Waals surface area contributed by atoms with Gasteiger partial charge in [-0.15, -0.1) is 0 Å². The van der Waals surface area contributed by atoms with Crippen LogP contribution in [-0.2, 0) is 6.54 Å². The Kier molecular flexibility index (Phi) is 5.16. The first kappa shape index (κ1) is 14.3. The molecule has 2 rings (SSSR count). The van der Waals surface area contributed by atoms with Crippen molar-refractivity contribution >= 4 is 0 Å². The Labute approximate surface area is 114 Å². The molecule has 1 aromatic carbocycles. The maximum absolute atomic E-state index is 13.4. The Balaban J connectivity index is 2.13. The predicted octanol–water partition coefficient (Wildman–Crippen LogP) is 2.57. The van der Waals surface area contributed by atoms with Crippen LogP contribution in [0.1, 0.15) is 31.2 Å². The van der Waals surface area contributed by atoms with Crippen LogP contribution in [0.4, 0.5) is 4.39 Å². The van der Waals surface area contributed by atoms with Gasteiger partial charge in [0.05, 0.1) is 13.7 Å². The van der Waals surface area contributed by atoms with Gasteiger partial charge in [0, 0.05) is 24.7 Å². The van der Waals surface area contributed by atoms with Crippen molar-refractivity contribution in [2.75, 3.05) is 20.3 Å². The number of hydrogen-bond acceptors (Lipinski definition) is 3. The maximum atomic E-state index is 13.4. The van der Waals surface area contributed by atoms with E-state index >= 15 is 0 Å². The van der Waals surface area contributed by atoms with E-state index in [1.807, 2.05) is 0 Å². The van der Waals surface area contributed by atoms with Crippen LogP contribution in [0, 0.1) is 5.82 Å². The van der Waals surface area contributed by atoms with Gasteiger partial charge < -0.3 is 9.84 Å². The van der Waals surface area contributed by atoms with Crippen LogP contribution in [0.25, 0.3) is 0 Å². The average Bonchev–Trinajstić information content (AvgIpc) is 2.92. The van der Waals surface area contributed by atoms with E-state index in [0.717, 1.165) is 18.4 Å². The molecule has 1 fully saturated rings. The van der Waals surface area contributed by atoms with Gasteiger partial charge in [0.1, 0.15) is 11.6 Å². The van der Waals surface area contributed by atoms with E-state index in [1.54, 1.807) is 13.2 Å². The van der Waals surface area contributed by atoms with Crippen LogP contribution >= 0.6 is 0 Å². The van der Waals surface area contributed by atoms with Gasteiger partial charge in [-0.25, -0.2) is 4.39 Å². The van der Waals surface area contributed by atoms with Crippen LogP contribution in [0.2, 0.25) is 0 Å². The zero-order valence-corrected chi connectivity index (χ0v) is 11.4. The molecule has 0 spiro atoms. The highest BCUT2D eigenvalue weighted by Gasteiger charge is 2.23. The Morgan fingerprint density at radius 2 is 2.11 bits per heavy atom. The molecule has 1 N–H and O–H groups in total. The minimum absolute atomic E-state index is 0.133. The molecule has 0 aliphatic heterocycles. The van der Waals surface area contributed by atoms with Crippen molar-refractivity contribution in [2.24, 2.45) is 0 Å². The number of methoxy groups -OCH3 is 1. The van der Waals surface area contributed by atoms with E-state index in [9.17, 15) is 9.50 Å². The molecule has 0 unspecified atom stereocenters. The standard InChI is InChI=1S/C15H22FNO2/c1-19-15-7-6-13(16)10-12(15)11-17(8-9-18)14-4-2-3-5-14/h6-7,10,14,18H,2-5,8-9,11H2,1H3. The minimum atomic E-state index is -0.244. The lowest BCUT2D eigenvalue weighted by molar-refractivity contribution is 0.143. The molecule has 0 saturated heterocycles. The Bertz CT molecular complexity index is 405. The highest BCUT2D eigenvalue weighted by molar-refractivity contribution is 5.33. The van der Waals surface area contributed by atoms with Crippen LogP contribution in [0.5, 0.6) is 5.75 Å². The molecule has 0 radical (unpaired) electrons. The average molecular weight is 267 g/mol. The molecule has 4 heteroatoms. The lowest BCUT2D eigenvalue weighted by atomic mass is 10.1. The SMILES string of the molecule is COc1ccc(F)cc1CN(CCO)C1CCCC1. The van der Waals surface area contributed by atoms with Crippen molar-refractivity contribution in [3.05, 3.63) is 29.6 Å². The number of aliphatic hydroxyl groups excluding tert-OH is 1. The van der Waals surface area contributed by atoms with Gasteiger partial charge in [-0.3, -0.25) is 4.90 Å². The smallest absolute Gasteiger partial charge is 0.123 e. The molecule has 1 aliphatic rings. The highest BCUT2D eigenvalue weighted by atomic mass is 19.1. The van der Waals surface area contributed by atoms with Crippen LogP contribution < -0.4 is 4.74 Å². The Morgan fingerprint density at radius 3 is 2.74 bits per heavy atom.